The van der Waals surface area contributed by atoms with E-state index in [4.69, 9.17) is 0 Å². The number of nitrogens with zero attached hydrogens (tertiary/aromatic N) is 2. The number of fused-ring (bicyclic) bond motifs is 1. The highest BCUT2D eigenvalue weighted by molar-refractivity contribution is 9.11. The quantitative estimate of drug-likeness (QED) is 0.652. The lowest BCUT2D eigenvalue weighted by molar-refractivity contribution is 0.598. The van der Waals surface area contributed by atoms with Crippen LogP contribution in [0.15, 0.2) is 22.2 Å². The highest BCUT2D eigenvalue weighted by Gasteiger charge is 2.12. The summed E-state index contributed by atoms with van der Waals surface area (Å²) < 4.78 is 11.7. The Morgan fingerprint density at radius 2 is 2.36 bits per heavy atom. The zero-order valence-corrected chi connectivity index (χ0v) is 7.72. The Balaban J connectivity index is 2.92. The molecule has 0 aliphatic rings. The van der Waals surface area contributed by atoms with Crippen LogP contribution >= 0.6 is 26.7 Å². The molecule has 0 fully saturated rings. The van der Waals surface area contributed by atoms with Crippen molar-refractivity contribution in [1.29, 1.82) is 0 Å². The molecule has 2 aromatic rings. The molecule has 0 saturated heterocycles. The van der Waals surface area contributed by atoms with Gasteiger partial charge in [0.2, 0.25) is 0 Å². The van der Waals surface area contributed by atoms with Crippen molar-refractivity contribution in [3.8, 4) is 0 Å². The third-order valence-electron chi connectivity index (χ3n) is 1.29. The van der Waals surface area contributed by atoms with Gasteiger partial charge in [0.25, 0.3) is 4.83 Å². The van der Waals surface area contributed by atoms with E-state index in [1.807, 2.05) is 0 Å². The summed E-state index contributed by atoms with van der Waals surface area (Å²) in [7, 11) is -1.19. The molecule has 2 heterocycles. The molecule has 56 valence electrons. The van der Waals surface area contributed by atoms with Gasteiger partial charge >= 0.3 is 3.92 Å². The van der Waals surface area contributed by atoms with E-state index in [0.717, 1.165) is 0 Å². The minimum atomic E-state index is -1.19. The van der Waals surface area contributed by atoms with Crippen molar-refractivity contribution in [2.45, 2.75) is 0 Å². The van der Waals surface area contributed by atoms with Crippen LogP contribution in [0.3, 0.4) is 0 Å². The van der Waals surface area contributed by atoms with Crippen LogP contribution < -0.4 is 0 Å². The standard InChI is InChI=1S/C6H3BrN2OS/c7-6-9-4-2-1-3-8-5(4)11(6)10/h1-3H. The highest BCUT2D eigenvalue weighted by atomic mass is 79.9. The second-order valence-electron chi connectivity index (χ2n) is 1.96. The fraction of sp³-hybridized carbons (Fsp3) is 0. The van der Waals surface area contributed by atoms with Crippen LogP contribution in [0, 0.1) is 0 Å². The van der Waals surface area contributed by atoms with Gasteiger partial charge in [-0.2, -0.15) is 4.98 Å². The van der Waals surface area contributed by atoms with Crippen LogP contribution in [0.1, 0.15) is 0 Å². The Morgan fingerprint density at radius 1 is 1.55 bits per heavy atom. The smallest absolute Gasteiger partial charge is 0.311 e. The van der Waals surface area contributed by atoms with E-state index < -0.39 is 10.8 Å². The Morgan fingerprint density at radius 3 is 3.09 bits per heavy atom. The Labute approximate surface area is 74.0 Å². The van der Waals surface area contributed by atoms with E-state index in [-0.39, 0.29) is 0 Å². The molecule has 1 atom stereocenters. The first-order chi connectivity index (χ1) is 5.29. The van der Waals surface area contributed by atoms with Gasteiger partial charge in [-0.3, -0.25) is 0 Å². The maximum absolute atomic E-state index is 11.3. The largest absolute Gasteiger partial charge is 0.587 e. The van der Waals surface area contributed by atoms with Gasteiger partial charge in [-0.05, 0) is 12.1 Å². The normalized spacial score (nSPS) is 12.4. The molecule has 0 N–H and O–H groups in total. The summed E-state index contributed by atoms with van der Waals surface area (Å²) >= 11 is 3.09. The van der Waals surface area contributed by atoms with Crippen molar-refractivity contribution < 1.29 is 4.55 Å². The summed E-state index contributed by atoms with van der Waals surface area (Å²) in [6, 6.07) is 3.56. The predicted molar refractivity (Wildman–Crippen MR) is 45.9 cm³/mol. The first-order valence-corrected chi connectivity index (χ1v) is 4.84. The lowest BCUT2D eigenvalue weighted by atomic mass is 10.5. The number of pyridine rings is 1. The van der Waals surface area contributed by atoms with Crippen molar-refractivity contribution in [3.63, 3.8) is 0 Å². The van der Waals surface area contributed by atoms with E-state index in [9.17, 15) is 4.55 Å². The lowest BCUT2D eigenvalue weighted by Gasteiger charge is -1.85. The number of hydrogen-bond acceptors (Lipinski definition) is 3. The summed E-state index contributed by atoms with van der Waals surface area (Å²) in [4.78, 5) is 8.49. The molecular weight excluding hydrogens is 228 g/mol. The van der Waals surface area contributed by atoms with E-state index in [1.54, 1.807) is 18.3 Å². The molecule has 2 rings (SSSR count). The van der Waals surface area contributed by atoms with Crippen molar-refractivity contribution in [2.24, 2.45) is 0 Å². The Bertz CT molecular complexity index is 400. The summed E-state index contributed by atoms with van der Waals surface area (Å²) in [5.74, 6) is 0. The summed E-state index contributed by atoms with van der Waals surface area (Å²) in [6.07, 6.45) is 1.61. The molecule has 0 aromatic carbocycles. The van der Waals surface area contributed by atoms with Crippen LogP contribution in [-0.2, 0) is 0 Å². The van der Waals surface area contributed by atoms with Gasteiger partial charge in [0.15, 0.2) is 0 Å². The van der Waals surface area contributed by atoms with Crippen LogP contribution in [0.4, 0.5) is 0 Å². The lowest BCUT2D eigenvalue weighted by Crippen LogP contribution is -1.70. The molecular formula is C6H3BrN2OS. The second-order valence-corrected chi connectivity index (χ2v) is 4.55. The zero-order chi connectivity index (χ0) is 7.84. The average Bonchev–Trinajstić information content (AvgIpc) is 2.30. The van der Waals surface area contributed by atoms with E-state index in [0.29, 0.717) is 14.3 Å². The minimum Gasteiger partial charge on any atom is -0.587 e. The van der Waals surface area contributed by atoms with Gasteiger partial charge in [0.05, 0.1) is 0 Å². The average molecular weight is 231 g/mol. The number of aromatic nitrogens is 2. The van der Waals surface area contributed by atoms with Gasteiger partial charge < -0.3 is 4.55 Å². The summed E-state index contributed by atoms with van der Waals surface area (Å²) in [6.45, 7) is 0. The fourth-order valence-electron chi connectivity index (χ4n) is 0.826. The van der Waals surface area contributed by atoms with E-state index in [2.05, 4.69) is 25.9 Å². The molecule has 0 aliphatic carbocycles. The molecule has 3 nitrogen and oxygen atoms in total. The Kier molecular flexibility index (Phi) is 1.63. The summed E-state index contributed by atoms with van der Waals surface area (Å²) in [5, 5.41) is 0. The number of hydrogen-bond donors (Lipinski definition) is 0. The van der Waals surface area contributed by atoms with Gasteiger partial charge in [0, 0.05) is 32.9 Å². The molecule has 0 radical (unpaired) electrons. The summed E-state index contributed by atoms with van der Waals surface area (Å²) in [5.41, 5.74) is 0.692. The number of rotatable bonds is 0. The monoisotopic (exact) mass is 230 g/mol. The number of thiazole rings is 1. The molecule has 1 unspecified atom stereocenters. The van der Waals surface area contributed by atoms with Gasteiger partial charge in [-0.15, -0.1) is 0 Å². The zero-order valence-electron chi connectivity index (χ0n) is 5.32. The van der Waals surface area contributed by atoms with Crippen molar-refractivity contribution >= 4 is 37.0 Å². The van der Waals surface area contributed by atoms with Crippen LogP contribution in [0.2, 0.25) is 0 Å². The maximum Gasteiger partial charge on any atom is 0.311 e. The maximum atomic E-state index is 11.3. The molecule has 0 saturated carbocycles. The highest BCUT2D eigenvalue weighted by Crippen LogP contribution is 2.32. The Hall–Kier alpha value is -0.520. The third kappa shape index (κ3) is 1.05. The SMILES string of the molecule is [O-][s+]1c(Br)nc2cccnc21. The molecule has 0 amide bonds. The van der Waals surface area contributed by atoms with E-state index >= 15 is 0 Å². The second kappa shape index (κ2) is 2.51. The van der Waals surface area contributed by atoms with Crippen molar-refractivity contribution in [2.75, 3.05) is 0 Å². The van der Waals surface area contributed by atoms with Crippen LogP contribution in [0.25, 0.3) is 10.3 Å². The van der Waals surface area contributed by atoms with Crippen molar-refractivity contribution in [1.82, 2.24) is 9.97 Å². The van der Waals surface area contributed by atoms with Crippen LogP contribution in [-0.4, -0.2) is 14.5 Å². The van der Waals surface area contributed by atoms with Gasteiger partial charge in [0.1, 0.15) is 5.52 Å². The number of halogens is 1. The fourth-order valence-corrected chi connectivity index (χ4v) is 2.28. The minimum absolute atomic E-state index is 0.450. The van der Waals surface area contributed by atoms with E-state index in [1.165, 1.54) is 0 Å². The molecule has 0 aliphatic heterocycles. The predicted octanol–water partition coefficient (Wildman–Crippen LogP) is 2.12. The molecule has 11 heavy (non-hydrogen) atoms. The first kappa shape index (κ1) is 7.15. The molecule has 0 spiro atoms. The molecule has 5 heteroatoms. The van der Waals surface area contributed by atoms with Crippen LogP contribution in [0.5, 0.6) is 0 Å². The topological polar surface area (TPSA) is 48.8 Å². The first-order valence-electron chi connectivity index (χ1n) is 2.90. The van der Waals surface area contributed by atoms with Gasteiger partial charge in [-0.25, -0.2) is 4.98 Å². The van der Waals surface area contributed by atoms with Gasteiger partial charge in [-0.1, -0.05) is 0 Å². The molecule has 2 aromatic heterocycles. The van der Waals surface area contributed by atoms with Crippen molar-refractivity contribution in [3.05, 3.63) is 22.2 Å². The molecule has 0 bridgehead atoms. The third-order valence-corrected chi connectivity index (χ3v) is 3.41.